The van der Waals surface area contributed by atoms with Crippen molar-refractivity contribution >= 4 is 38.3 Å². The smallest absolute Gasteiger partial charge is 0.228 e. The highest BCUT2D eigenvalue weighted by molar-refractivity contribution is 9.10. The molecule has 0 radical (unpaired) electrons. The summed E-state index contributed by atoms with van der Waals surface area (Å²) < 4.78 is 12.8. The van der Waals surface area contributed by atoms with Gasteiger partial charge in [0.2, 0.25) is 5.91 Å². The minimum absolute atomic E-state index is 0.0653. The number of anilines is 1. The lowest BCUT2D eigenvalue weighted by Crippen LogP contribution is -2.21. The van der Waals surface area contributed by atoms with E-state index in [1.807, 2.05) is 6.07 Å². The molecule has 0 aromatic heterocycles. The lowest BCUT2D eigenvalue weighted by Gasteiger charge is -2.05. The second kappa shape index (κ2) is 4.06. The molecule has 1 heterocycles. The number of rotatable bonds is 0. The zero-order chi connectivity index (χ0) is 11.0. The molecule has 1 N–H and O–H groups in total. The van der Waals surface area contributed by atoms with E-state index in [2.05, 4.69) is 21.2 Å². The molecule has 15 heavy (non-hydrogen) atoms. The van der Waals surface area contributed by atoms with Crippen LogP contribution in [0.5, 0.6) is 0 Å². The van der Waals surface area contributed by atoms with E-state index in [0.717, 1.165) is 4.47 Å². The third-order valence-electron chi connectivity index (χ3n) is 2.30. The molecule has 2 rings (SSSR count). The van der Waals surface area contributed by atoms with E-state index in [1.165, 1.54) is 0 Å². The van der Waals surface area contributed by atoms with Crippen LogP contribution in [-0.4, -0.2) is 15.9 Å². The van der Waals surface area contributed by atoms with Gasteiger partial charge in [-0.15, -0.1) is 0 Å². The van der Waals surface area contributed by atoms with Crippen LogP contribution in [0.3, 0.4) is 0 Å². The molecule has 1 aliphatic rings. The summed E-state index contributed by atoms with van der Waals surface area (Å²) in [5.74, 6) is 0.108. The van der Waals surface area contributed by atoms with Crippen LogP contribution in [0.25, 0.3) is 0 Å². The Bertz CT molecular complexity index is 447. The number of benzene rings is 1. The summed E-state index contributed by atoms with van der Waals surface area (Å²) in [6.45, 7) is 1.79. The monoisotopic (exact) mass is 287 g/mol. The maximum Gasteiger partial charge on any atom is 0.228 e. The van der Waals surface area contributed by atoms with Gasteiger partial charge in [-0.2, -0.15) is 0 Å². The molecule has 0 saturated carbocycles. The van der Waals surface area contributed by atoms with Crippen LogP contribution in [0, 0.1) is 5.92 Å². The van der Waals surface area contributed by atoms with Gasteiger partial charge in [0.05, 0.1) is 21.4 Å². The third kappa shape index (κ3) is 2.13. The van der Waals surface area contributed by atoms with Crippen molar-refractivity contribution in [3.05, 3.63) is 22.7 Å². The topological polar surface area (TPSA) is 46.2 Å². The summed E-state index contributed by atoms with van der Waals surface area (Å²) in [7, 11) is -1.11. The second-order valence-electron chi connectivity index (χ2n) is 3.54. The summed E-state index contributed by atoms with van der Waals surface area (Å²) in [5, 5.41) is 2.78. The van der Waals surface area contributed by atoms with E-state index < -0.39 is 10.8 Å². The van der Waals surface area contributed by atoms with Crippen molar-refractivity contribution in [2.24, 2.45) is 5.92 Å². The number of hydrogen-bond acceptors (Lipinski definition) is 2. The van der Waals surface area contributed by atoms with Crippen molar-refractivity contribution in [1.82, 2.24) is 0 Å². The van der Waals surface area contributed by atoms with Crippen LogP contribution >= 0.6 is 15.9 Å². The Hall–Kier alpha value is -0.680. The Labute approximate surface area is 98.8 Å². The van der Waals surface area contributed by atoms with Crippen LogP contribution < -0.4 is 5.32 Å². The van der Waals surface area contributed by atoms with Crippen LogP contribution in [-0.2, 0) is 15.6 Å². The Balaban J connectivity index is 2.51. The lowest BCUT2D eigenvalue weighted by molar-refractivity contribution is -0.118. The quantitative estimate of drug-likeness (QED) is 0.795. The molecule has 80 valence electrons. The Morgan fingerprint density at radius 3 is 3.00 bits per heavy atom. The molecule has 2 unspecified atom stereocenters. The van der Waals surface area contributed by atoms with Crippen molar-refractivity contribution in [2.75, 3.05) is 11.1 Å². The minimum Gasteiger partial charge on any atom is -0.325 e. The average Bonchev–Trinajstić information content (AvgIpc) is 2.28. The summed E-state index contributed by atoms with van der Waals surface area (Å²) in [6, 6.07) is 5.39. The molecule has 1 amide bonds. The van der Waals surface area contributed by atoms with E-state index >= 15 is 0 Å². The van der Waals surface area contributed by atoms with Gasteiger partial charge in [0.25, 0.3) is 0 Å². The van der Waals surface area contributed by atoms with E-state index in [4.69, 9.17) is 0 Å². The van der Waals surface area contributed by atoms with Crippen molar-refractivity contribution in [3.63, 3.8) is 0 Å². The van der Waals surface area contributed by atoms with Gasteiger partial charge >= 0.3 is 0 Å². The maximum absolute atomic E-state index is 11.9. The second-order valence-corrected chi connectivity index (χ2v) is 5.92. The standard InChI is InChI=1S/C10H10BrNO2S/c1-6-5-15(14)9-4-7(11)2-3-8(9)12-10(6)13/h2-4,6H,5H2,1H3,(H,12,13). The number of amides is 1. The molecular formula is C10H10BrNO2S. The molecule has 1 aliphatic heterocycles. The van der Waals surface area contributed by atoms with Crippen molar-refractivity contribution in [2.45, 2.75) is 11.8 Å². The zero-order valence-electron chi connectivity index (χ0n) is 8.12. The Kier molecular flexibility index (Phi) is 2.93. The molecule has 0 spiro atoms. The van der Waals surface area contributed by atoms with Crippen molar-refractivity contribution in [1.29, 1.82) is 0 Å². The van der Waals surface area contributed by atoms with Crippen molar-refractivity contribution < 1.29 is 9.00 Å². The first-order valence-corrected chi connectivity index (χ1v) is 6.68. The summed E-state index contributed by atoms with van der Waals surface area (Å²) >= 11 is 3.33. The minimum atomic E-state index is -1.11. The fourth-order valence-corrected chi connectivity index (χ4v) is 3.36. The van der Waals surface area contributed by atoms with Gasteiger partial charge in [-0.25, -0.2) is 0 Å². The van der Waals surface area contributed by atoms with Crippen molar-refractivity contribution in [3.8, 4) is 0 Å². The normalized spacial score (nSPS) is 25.3. The number of carbonyl (C=O) groups is 1. The van der Waals surface area contributed by atoms with E-state index in [1.54, 1.807) is 19.1 Å². The van der Waals surface area contributed by atoms with Gasteiger partial charge in [-0.05, 0) is 18.2 Å². The summed E-state index contributed by atoms with van der Waals surface area (Å²) in [5.41, 5.74) is 0.658. The predicted octanol–water partition coefficient (Wildman–Crippen LogP) is 2.14. The van der Waals surface area contributed by atoms with Gasteiger partial charge in [0.1, 0.15) is 0 Å². The van der Waals surface area contributed by atoms with Crippen LogP contribution in [0.1, 0.15) is 6.92 Å². The first-order chi connectivity index (χ1) is 7.08. The number of carbonyl (C=O) groups excluding carboxylic acids is 1. The van der Waals surface area contributed by atoms with Crippen LogP contribution in [0.15, 0.2) is 27.6 Å². The van der Waals surface area contributed by atoms with E-state index in [9.17, 15) is 9.00 Å². The lowest BCUT2D eigenvalue weighted by atomic mass is 10.2. The number of fused-ring (bicyclic) bond motifs is 1. The Morgan fingerprint density at radius 2 is 2.27 bits per heavy atom. The van der Waals surface area contributed by atoms with Crippen LogP contribution in [0.2, 0.25) is 0 Å². The number of nitrogens with one attached hydrogen (secondary N) is 1. The molecule has 5 heteroatoms. The Morgan fingerprint density at radius 1 is 1.53 bits per heavy atom. The van der Waals surface area contributed by atoms with Crippen LogP contribution in [0.4, 0.5) is 5.69 Å². The van der Waals surface area contributed by atoms with Gasteiger partial charge in [-0.3, -0.25) is 9.00 Å². The molecule has 2 atom stereocenters. The third-order valence-corrected chi connectivity index (χ3v) is 4.42. The molecule has 0 fully saturated rings. The highest BCUT2D eigenvalue weighted by Crippen LogP contribution is 2.28. The van der Waals surface area contributed by atoms with E-state index in [-0.39, 0.29) is 11.8 Å². The molecule has 0 bridgehead atoms. The van der Waals surface area contributed by atoms with Gasteiger partial charge in [0, 0.05) is 16.1 Å². The molecular weight excluding hydrogens is 278 g/mol. The molecule has 0 aliphatic carbocycles. The zero-order valence-corrected chi connectivity index (χ0v) is 10.5. The first kappa shape index (κ1) is 10.8. The highest BCUT2D eigenvalue weighted by Gasteiger charge is 2.24. The van der Waals surface area contributed by atoms with Gasteiger partial charge in [0.15, 0.2) is 0 Å². The fourth-order valence-electron chi connectivity index (χ4n) is 1.44. The summed E-state index contributed by atoms with van der Waals surface area (Å²) in [6.07, 6.45) is 0. The molecule has 0 saturated heterocycles. The van der Waals surface area contributed by atoms with E-state index in [0.29, 0.717) is 16.3 Å². The maximum atomic E-state index is 11.9. The van der Waals surface area contributed by atoms with Gasteiger partial charge in [-0.1, -0.05) is 22.9 Å². The predicted molar refractivity (Wildman–Crippen MR) is 63.2 cm³/mol. The molecule has 3 nitrogen and oxygen atoms in total. The molecule has 1 aromatic carbocycles. The summed E-state index contributed by atoms with van der Waals surface area (Å²) in [4.78, 5) is 12.2. The first-order valence-electron chi connectivity index (χ1n) is 4.56. The van der Waals surface area contributed by atoms with Gasteiger partial charge < -0.3 is 5.32 Å². The largest absolute Gasteiger partial charge is 0.325 e. The average molecular weight is 288 g/mol. The molecule has 1 aromatic rings. The number of halogens is 1. The highest BCUT2D eigenvalue weighted by atomic mass is 79.9. The fraction of sp³-hybridized carbons (Fsp3) is 0.300. The SMILES string of the molecule is CC1CS(=O)c2cc(Br)ccc2NC1=O. The number of hydrogen-bond donors (Lipinski definition) is 1.